The maximum atomic E-state index is 12.6. The number of amides is 1. The molecule has 0 saturated heterocycles. The Kier molecular flexibility index (Phi) is 4.87. The van der Waals surface area contributed by atoms with Crippen LogP contribution in [0.15, 0.2) is 73.1 Å². The predicted octanol–water partition coefficient (Wildman–Crippen LogP) is 3.15. The SMILES string of the molecule is O=C(NCCCc1ccccc1)c1cc(-c2ccccc2)c2nncn2n1. The van der Waals surface area contributed by atoms with Crippen LogP contribution in [0, 0.1) is 0 Å². The second-order valence-corrected chi connectivity index (χ2v) is 6.25. The summed E-state index contributed by atoms with van der Waals surface area (Å²) in [5, 5.41) is 15.3. The Morgan fingerprint density at radius 3 is 2.52 bits per heavy atom. The summed E-state index contributed by atoms with van der Waals surface area (Å²) in [6, 6.07) is 21.8. The highest BCUT2D eigenvalue weighted by Crippen LogP contribution is 2.23. The zero-order chi connectivity index (χ0) is 18.5. The summed E-state index contributed by atoms with van der Waals surface area (Å²) >= 11 is 0. The third-order valence-corrected chi connectivity index (χ3v) is 4.36. The van der Waals surface area contributed by atoms with Crippen molar-refractivity contribution < 1.29 is 4.79 Å². The average Bonchev–Trinajstić information content (AvgIpc) is 3.20. The van der Waals surface area contributed by atoms with E-state index in [-0.39, 0.29) is 5.91 Å². The number of benzene rings is 2. The van der Waals surface area contributed by atoms with Crippen LogP contribution in [0.1, 0.15) is 22.5 Å². The normalized spacial score (nSPS) is 10.8. The fourth-order valence-electron chi connectivity index (χ4n) is 3.00. The average molecular weight is 357 g/mol. The van der Waals surface area contributed by atoms with E-state index in [1.165, 1.54) is 11.9 Å². The molecule has 0 aliphatic rings. The van der Waals surface area contributed by atoms with Crippen LogP contribution in [0.3, 0.4) is 0 Å². The molecule has 2 aromatic carbocycles. The zero-order valence-corrected chi connectivity index (χ0v) is 14.7. The number of aromatic nitrogens is 4. The number of fused-ring (bicyclic) bond motifs is 1. The van der Waals surface area contributed by atoms with E-state index in [4.69, 9.17) is 0 Å². The van der Waals surface area contributed by atoms with Crippen LogP contribution in [-0.2, 0) is 6.42 Å². The Morgan fingerprint density at radius 2 is 1.74 bits per heavy atom. The highest BCUT2D eigenvalue weighted by molar-refractivity contribution is 5.94. The van der Waals surface area contributed by atoms with Crippen molar-refractivity contribution in [2.75, 3.05) is 6.54 Å². The molecule has 27 heavy (non-hydrogen) atoms. The summed E-state index contributed by atoms with van der Waals surface area (Å²) in [6.45, 7) is 0.594. The summed E-state index contributed by atoms with van der Waals surface area (Å²) in [5.41, 5.74) is 4.04. The van der Waals surface area contributed by atoms with E-state index < -0.39 is 0 Å². The van der Waals surface area contributed by atoms with Gasteiger partial charge in [0, 0.05) is 12.1 Å². The second kappa shape index (κ2) is 7.78. The molecule has 0 fully saturated rings. The first-order chi connectivity index (χ1) is 13.3. The number of rotatable bonds is 6. The van der Waals surface area contributed by atoms with Crippen LogP contribution >= 0.6 is 0 Å². The molecule has 0 aliphatic heterocycles. The number of nitrogens with one attached hydrogen (secondary N) is 1. The van der Waals surface area contributed by atoms with Gasteiger partial charge < -0.3 is 5.32 Å². The molecule has 1 N–H and O–H groups in total. The van der Waals surface area contributed by atoms with Gasteiger partial charge in [-0.05, 0) is 30.0 Å². The Balaban J connectivity index is 1.49. The van der Waals surface area contributed by atoms with Gasteiger partial charge in [0.1, 0.15) is 12.0 Å². The van der Waals surface area contributed by atoms with E-state index in [1.807, 2.05) is 48.5 Å². The smallest absolute Gasteiger partial charge is 0.271 e. The molecule has 0 radical (unpaired) electrons. The first-order valence-electron chi connectivity index (χ1n) is 8.90. The minimum absolute atomic E-state index is 0.198. The van der Waals surface area contributed by atoms with Gasteiger partial charge in [-0.25, -0.2) is 0 Å². The van der Waals surface area contributed by atoms with Gasteiger partial charge in [-0.15, -0.1) is 10.2 Å². The summed E-state index contributed by atoms with van der Waals surface area (Å²) < 4.78 is 1.54. The van der Waals surface area contributed by atoms with E-state index >= 15 is 0 Å². The van der Waals surface area contributed by atoms with Crippen molar-refractivity contribution in [3.05, 3.63) is 84.3 Å². The standard InChI is InChI=1S/C21H19N5O/c27-21(22-13-7-10-16-8-3-1-4-9-16)19-14-18(17-11-5-2-6-12-17)20-24-23-15-26(20)25-19/h1-6,8-9,11-12,14-15H,7,10,13H2,(H,22,27). The predicted molar refractivity (Wildman–Crippen MR) is 103 cm³/mol. The largest absolute Gasteiger partial charge is 0.351 e. The van der Waals surface area contributed by atoms with E-state index in [0.717, 1.165) is 24.0 Å². The van der Waals surface area contributed by atoms with Crippen molar-refractivity contribution in [1.82, 2.24) is 25.1 Å². The fourth-order valence-corrected chi connectivity index (χ4v) is 3.00. The molecule has 0 unspecified atom stereocenters. The number of aryl methyl sites for hydroxylation is 1. The van der Waals surface area contributed by atoms with Gasteiger partial charge in [0.25, 0.3) is 5.91 Å². The van der Waals surface area contributed by atoms with Gasteiger partial charge in [0.15, 0.2) is 5.65 Å². The van der Waals surface area contributed by atoms with Gasteiger partial charge in [-0.3, -0.25) is 4.79 Å². The molecular weight excluding hydrogens is 338 g/mol. The van der Waals surface area contributed by atoms with E-state index in [1.54, 1.807) is 10.6 Å². The van der Waals surface area contributed by atoms with Crippen molar-refractivity contribution >= 4 is 11.6 Å². The Morgan fingerprint density at radius 1 is 1.00 bits per heavy atom. The number of carbonyl (C=O) groups excluding carboxylic acids is 1. The topological polar surface area (TPSA) is 72.2 Å². The highest BCUT2D eigenvalue weighted by atomic mass is 16.1. The van der Waals surface area contributed by atoms with Gasteiger partial charge in [0.05, 0.1) is 0 Å². The van der Waals surface area contributed by atoms with E-state index in [0.29, 0.717) is 17.9 Å². The number of hydrogen-bond donors (Lipinski definition) is 1. The number of carbonyl (C=O) groups is 1. The highest BCUT2D eigenvalue weighted by Gasteiger charge is 2.14. The van der Waals surface area contributed by atoms with E-state index in [2.05, 4.69) is 32.7 Å². The number of nitrogens with zero attached hydrogens (tertiary/aromatic N) is 4. The lowest BCUT2D eigenvalue weighted by Gasteiger charge is -2.08. The van der Waals surface area contributed by atoms with Crippen LogP contribution in [0.2, 0.25) is 0 Å². The van der Waals surface area contributed by atoms with Crippen LogP contribution in [0.4, 0.5) is 0 Å². The van der Waals surface area contributed by atoms with Crippen molar-refractivity contribution in [2.45, 2.75) is 12.8 Å². The summed E-state index contributed by atoms with van der Waals surface area (Å²) in [7, 11) is 0. The molecule has 0 atom stereocenters. The van der Waals surface area contributed by atoms with Crippen molar-refractivity contribution in [1.29, 1.82) is 0 Å². The van der Waals surface area contributed by atoms with Gasteiger partial charge >= 0.3 is 0 Å². The molecule has 0 saturated carbocycles. The van der Waals surface area contributed by atoms with Crippen LogP contribution < -0.4 is 5.32 Å². The first kappa shape index (κ1) is 16.9. The molecule has 4 aromatic rings. The summed E-state index contributed by atoms with van der Waals surface area (Å²) in [4.78, 5) is 12.6. The lowest BCUT2D eigenvalue weighted by Crippen LogP contribution is -2.26. The molecule has 0 bridgehead atoms. The van der Waals surface area contributed by atoms with Crippen LogP contribution in [-0.4, -0.2) is 32.3 Å². The van der Waals surface area contributed by atoms with Crippen LogP contribution in [0.5, 0.6) is 0 Å². The molecule has 4 rings (SSSR count). The Labute approximate surface area is 156 Å². The van der Waals surface area contributed by atoms with E-state index in [9.17, 15) is 4.79 Å². The second-order valence-electron chi connectivity index (χ2n) is 6.25. The molecule has 0 spiro atoms. The molecule has 2 aromatic heterocycles. The Bertz CT molecular complexity index is 1040. The zero-order valence-electron chi connectivity index (χ0n) is 14.7. The van der Waals surface area contributed by atoms with Gasteiger partial charge in [-0.1, -0.05) is 60.7 Å². The molecule has 134 valence electrons. The van der Waals surface area contributed by atoms with Crippen molar-refractivity contribution in [3.63, 3.8) is 0 Å². The summed E-state index contributed by atoms with van der Waals surface area (Å²) in [6.07, 6.45) is 3.30. The minimum Gasteiger partial charge on any atom is -0.351 e. The molecule has 1 amide bonds. The molecular formula is C21H19N5O. The maximum Gasteiger partial charge on any atom is 0.271 e. The van der Waals surface area contributed by atoms with Crippen molar-refractivity contribution in [2.24, 2.45) is 0 Å². The molecule has 6 nitrogen and oxygen atoms in total. The third-order valence-electron chi connectivity index (χ3n) is 4.36. The van der Waals surface area contributed by atoms with Gasteiger partial charge in [0.2, 0.25) is 0 Å². The lowest BCUT2D eigenvalue weighted by atomic mass is 10.1. The summed E-state index contributed by atoms with van der Waals surface area (Å²) in [5.74, 6) is -0.198. The first-order valence-corrected chi connectivity index (χ1v) is 8.90. The van der Waals surface area contributed by atoms with Crippen LogP contribution in [0.25, 0.3) is 16.8 Å². The fraction of sp³-hybridized carbons (Fsp3) is 0.143. The minimum atomic E-state index is -0.198. The molecule has 0 aliphatic carbocycles. The third kappa shape index (κ3) is 3.84. The lowest BCUT2D eigenvalue weighted by molar-refractivity contribution is 0.0947. The van der Waals surface area contributed by atoms with Crippen molar-refractivity contribution in [3.8, 4) is 11.1 Å². The maximum absolute atomic E-state index is 12.6. The quantitative estimate of drug-likeness (QED) is 0.538. The molecule has 6 heteroatoms. The van der Waals surface area contributed by atoms with Gasteiger partial charge in [-0.2, -0.15) is 9.61 Å². The monoisotopic (exact) mass is 357 g/mol. The Hall–Kier alpha value is -3.54. The molecule has 2 heterocycles. The number of hydrogen-bond acceptors (Lipinski definition) is 4.